The van der Waals surface area contributed by atoms with E-state index < -0.39 is 0 Å². The zero-order valence-electron chi connectivity index (χ0n) is 9.10. The second kappa shape index (κ2) is 5.29. The topological polar surface area (TPSA) is 23.5 Å². The fraction of sp³-hybridized carbons (Fsp3) is 0.538. The molecule has 2 heteroatoms. The van der Waals surface area contributed by atoms with Gasteiger partial charge in [-0.3, -0.25) is 0 Å². The number of hydrogen-bond donors (Lipinski definition) is 1. The fourth-order valence-corrected chi connectivity index (χ4v) is 2.40. The van der Waals surface area contributed by atoms with Crippen LogP contribution < -0.4 is 0 Å². The summed E-state index contributed by atoms with van der Waals surface area (Å²) >= 11 is 0. The molecule has 1 aliphatic rings. The fourth-order valence-electron chi connectivity index (χ4n) is 2.40. The van der Waals surface area contributed by atoms with E-state index in [9.17, 15) is 0 Å². The first-order valence-corrected chi connectivity index (χ1v) is 5.78. The highest BCUT2D eigenvalue weighted by Crippen LogP contribution is 2.26. The minimum atomic E-state index is 0.279. The van der Waals surface area contributed by atoms with E-state index in [0.29, 0.717) is 5.92 Å². The zero-order chi connectivity index (χ0) is 10.5. The summed E-state index contributed by atoms with van der Waals surface area (Å²) in [4.78, 5) is 2.36. The Morgan fingerprint density at radius 1 is 1.27 bits per heavy atom. The Kier molecular flexibility index (Phi) is 3.75. The van der Waals surface area contributed by atoms with Crippen molar-refractivity contribution in [3.05, 3.63) is 35.9 Å². The summed E-state index contributed by atoms with van der Waals surface area (Å²) in [6.45, 7) is 3.35. The first kappa shape index (κ1) is 10.7. The highest BCUT2D eigenvalue weighted by Gasteiger charge is 2.20. The van der Waals surface area contributed by atoms with Gasteiger partial charge in [0.1, 0.15) is 0 Å². The predicted octanol–water partition coefficient (Wildman–Crippen LogP) is 1.86. The molecule has 1 aromatic carbocycles. The maximum absolute atomic E-state index is 8.93. The molecule has 1 saturated heterocycles. The number of nitrogens with zero attached hydrogens (tertiary/aromatic N) is 1. The Morgan fingerprint density at radius 3 is 2.80 bits per heavy atom. The van der Waals surface area contributed by atoms with Gasteiger partial charge < -0.3 is 10.0 Å². The van der Waals surface area contributed by atoms with Crippen molar-refractivity contribution in [1.29, 1.82) is 0 Å². The number of rotatable bonds is 3. The highest BCUT2D eigenvalue weighted by molar-refractivity contribution is 5.20. The molecule has 1 aromatic rings. The normalized spacial score (nSPS) is 22.9. The molecule has 0 bridgehead atoms. The van der Waals surface area contributed by atoms with Crippen molar-refractivity contribution in [2.45, 2.75) is 18.8 Å². The Morgan fingerprint density at radius 2 is 2.07 bits per heavy atom. The lowest BCUT2D eigenvalue weighted by molar-refractivity contribution is 0.161. The predicted molar refractivity (Wildman–Crippen MR) is 61.9 cm³/mol. The van der Waals surface area contributed by atoms with Crippen LogP contribution in [0.2, 0.25) is 0 Å². The molecule has 15 heavy (non-hydrogen) atoms. The summed E-state index contributed by atoms with van der Waals surface area (Å²) in [6.07, 6.45) is 2.53. The third-order valence-electron chi connectivity index (χ3n) is 3.19. The van der Waals surface area contributed by atoms with Crippen LogP contribution in [0, 0.1) is 0 Å². The molecule has 82 valence electrons. The van der Waals surface area contributed by atoms with E-state index in [0.717, 1.165) is 19.6 Å². The molecule has 1 fully saturated rings. The van der Waals surface area contributed by atoms with E-state index in [1.165, 1.54) is 18.4 Å². The van der Waals surface area contributed by atoms with Gasteiger partial charge in [0.05, 0.1) is 6.61 Å². The Bertz CT molecular complexity index is 284. The van der Waals surface area contributed by atoms with Gasteiger partial charge in [-0.05, 0) is 30.9 Å². The summed E-state index contributed by atoms with van der Waals surface area (Å²) < 4.78 is 0. The quantitative estimate of drug-likeness (QED) is 0.814. The standard InChI is InChI=1S/C13H19NO/c15-10-9-14-8-4-7-13(11-14)12-5-2-1-3-6-12/h1-3,5-6,13,15H,4,7-11H2. The first-order valence-electron chi connectivity index (χ1n) is 5.78. The molecule has 0 spiro atoms. The van der Waals surface area contributed by atoms with Crippen molar-refractivity contribution < 1.29 is 5.11 Å². The maximum Gasteiger partial charge on any atom is 0.0558 e. The second-order valence-electron chi connectivity index (χ2n) is 4.27. The molecule has 0 radical (unpaired) electrons. The van der Waals surface area contributed by atoms with E-state index in [1.807, 2.05) is 0 Å². The molecule has 1 heterocycles. The molecular formula is C13H19NO. The molecule has 1 N–H and O–H groups in total. The summed E-state index contributed by atoms with van der Waals surface area (Å²) in [5, 5.41) is 8.93. The lowest BCUT2D eigenvalue weighted by atomic mass is 9.91. The summed E-state index contributed by atoms with van der Waals surface area (Å²) in [5.41, 5.74) is 1.44. The minimum Gasteiger partial charge on any atom is -0.395 e. The monoisotopic (exact) mass is 205 g/mol. The third kappa shape index (κ3) is 2.80. The van der Waals surface area contributed by atoms with Crippen molar-refractivity contribution in [2.75, 3.05) is 26.2 Å². The van der Waals surface area contributed by atoms with Crippen molar-refractivity contribution in [1.82, 2.24) is 4.90 Å². The van der Waals surface area contributed by atoms with E-state index in [-0.39, 0.29) is 6.61 Å². The van der Waals surface area contributed by atoms with Gasteiger partial charge in [-0.2, -0.15) is 0 Å². The summed E-state index contributed by atoms with van der Waals surface area (Å²) in [5.74, 6) is 0.659. The molecule has 0 aliphatic carbocycles. The molecular weight excluding hydrogens is 186 g/mol. The summed E-state index contributed by atoms with van der Waals surface area (Å²) in [7, 11) is 0. The van der Waals surface area contributed by atoms with Crippen LogP contribution >= 0.6 is 0 Å². The van der Waals surface area contributed by atoms with Gasteiger partial charge in [0.2, 0.25) is 0 Å². The van der Waals surface area contributed by atoms with Crippen LogP contribution in [0.25, 0.3) is 0 Å². The SMILES string of the molecule is OCCN1CCCC(c2ccccc2)C1. The first-order chi connectivity index (χ1) is 7.40. The van der Waals surface area contributed by atoms with Crippen LogP contribution in [-0.4, -0.2) is 36.2 Å². The number of aliphatic hydroxyl groups is 1. The maximum atomic E-state index is 8.93. The third-order valence-corrected chi connectivity index (χ3v) is 3.19. The molecule has 1 atom stereocenters. The second-order valence-corrected chi connectivity index (χ2v) is 4.27. The van der Waals surface area contributed by atoms with Gasteiger partial charge in [-0.15, -0.1) is 0 Å². The number of hydrogen-bond acceptors (Lipinski definition) is 2. The van der Waals surface area contributed by atoms with E-state index >= 15 is 0 Å². The molecule has 0 amide bonds. The average molecular weight is 205 g/mol. The van der Waals surface area contributed by atoms with Gasteiger partial charge in [0, 0.05) is 13.1 Å². The van der Waals surface area contributed by atoms with Gasteiger partial charge >= 0.3 is 0 Å². The average Bonchev–Trinajstić information content (AvgIpc) is 2.31. The van der Waals surface area contributed by atoms with Crippen molar-refractivity contribution >= 4 is 0 Å². The van der Waals surface area contributed by atoms with Crippen LogP contribution in [0.4, 0.5) is 0 Å². The molecule has 2 rings (SSSR count). The Labute approximate surface area is 91.5 Å². The zero-order valence-corrected chi connectivity index (χ0v) is 9.10. The number of piperidine rings is 1. The van der Waals surface area contributed by atoms with Gasteiger partial charge in [-0.1, -0.05) is 30.3 Å². The lowest BCUT2D eigenvalue weighted by Crippen LogP contribution is -2.36. The lowest BCUT2D eigenvalue weighted by Gasteiger charge is -2.32. The van der Waals surface area contributed by atoms with E-state index in [1.54, 1.807) is 0 Å². The Hall–Kier alpha value is -0.860. The molecule has 1 unspecified atom stereocenters. The van der Waals surface area contributed by atoms with Crippen LogP contribution in [0.3, 0.4) is 0 Å². The van der Waals surface area contributed by atoms with Crippen LogP contribution in [-0.2, 0) is 0 Å². The van der Waals surface area contributed by atoms with Crippen molar-refractivity contribution in [3.63, 3.8) is 0 Å². The minimum absolute atomic E-state index is 0.279. The van der Waals surface area contributed by atoms with Crippen LogP contribution in [0.1, 0.15) is 24.3 Å². The summed E-state index contributed by atoms with van der Waals surface area (Å²) in [6, 6.07) is 10.7. The van der Waals surface area contributed by atoms with Crippen LogP contribution in [0.5, 0.6) is 0 Å². The number of benzene rings is 1. The van der Waals surface area contributed by atoms with Gasteiger partial charge in [0.15, 0.2) is 0 Å². The number of aliphatic hydroxyl groups excluding tert-OH is 1. The largest absolute Gasteiger partial charge is 0.395 e. The molecule has 0 aromatic heterocycles. The smallest absolute Gasteiger partial charge is 0.0558 e. The van der Waals surface area contributed by atoms with Gasteiger partial charge in [-0.25, -0.2) is 0 Å². The van der Waals surface area contributed by atoms with Crippen molar-refractivity contribution in [2.24, 2.45) is 0 Å². The van der Waals surface area contributed by atoms with Crippen molar-refractivity contribution in [3.8, 4) is 0 Å². The highest BCUT2D eigenvalue weighted by atomic mass is 16.3. The molecule has 2 nitrogen and oxygen atoms in total. The van der Waals surface area contributed by atoms with Gasteiger partial charge in [0.25, 0.3) is 0 Å². The van der Waals surface area contributed by atoms with Crippen LogP contribution in [0.15, 0.2) is 30.3 Å². The molecule has 1 aliphatic heterocycles. The van der Waals surface area contributed by atoms with E-state index in [4.69, 9.17) is 5.11 Å². The number of β-amino-alcohol motifs (C(OH)–C–C–N with tert-alkyl or cyclic N) is 1. The molecule has 0 saturated carbocycles. The Balaban J connectivity index is 1.98. The van der Waals surface area contributed by atoms with E-state index in [2.05, 4.69) is 35.2 Å². The number of likely N-dealkylation sites (tertiary alicyclic amines) is 1.